The summed E-state index contributed by atoms with van der Waals surface area (Å²) in [6.07, 6.45) is 0. The van der Waals surface area contributed by atoms with E-state index in [1.165, 1.54) is 0 Å². The first-order chi connectivity index (χ1) is 9.69. The molecule has 0 aliphatic rings. The molecule has 0 heterocycles. The third kappa shape index (κ3) is 4.00. The van der Waals surface area contributed by atoms with Crippen molar-refractivity contribution in [2.75, 3.05) is 6.61 Å². The van der Waals surface area contributed by atoms with E-state index >= 15 is 0 Å². The third-order valence-corrected chi connectivity index (χ3v) is 2.94. The van der Waals surface area contributed by atoms with Gasteiger partial charge in [-0.25, -0.2) is 4.79 Å². The van der Waals surface area contributed by atoms with Crippen molar-refractivity contribution in [3.8, 4) is 5.75 Å². The Morgan fingerprint density at radius 3 is 2.30 bits per heavy atom. The smallest absolute Gasteiger partial charge is 0.338 e. The molecule has 0 spiro atoms. The van der Waals surface area contributed by atoms with E-state index in [1.54, 1.807) is 36.4 Å². The van der Waals surface area contributed by atoms with Crippen molar-refractivity contribution < 1.29 is 14.3 Å². The Balaban J connectivity index is 1.92. The SMILES string of the molecule is CCOc1ccc(C(=O)OCc2ccc(Cl)cc2)cc1. The molecule has 0 bridgehead atoms. The number of halogens is 1. The van der Waals surface area contributed by atoms with Crippen LogP contribution in [0.1, 0.15) is 22.8 Å². The number of carbonyl (C=O) groups is 1. The molecule has 104 valence electrons. The highest BCUT2D eigenvalue weighted by atomic mass is 35.5. The minimum Gasteiger partial charge on any atom is -0.494 e. The second-order valence-electron chi connectivity index (χ2n) is 4.16. The maximum atomic E-state index is 11.9. The van der Waals surface area contributed by atoms with Gasteiger partial charge in [0.05, 0.1) is 12.2 Å². The van der Waals surface area contributed by atoms with Crippen molar-refractivity contribution in [3.63, 3.8) is 0 Å². The number of ether oxygens (including phenoxy) is 2. The van der Waals surface area contributed by atoms with E-state index in [0.29, 0.717) is 17.2 Å². The van der Waals surface area contributed by atoms with Crippen molar-refractivity contribution in [1.29, 1.82) is 0 Å². The van der Waals surface area contributed by atoms with Gasteiger partial charge >= 0.3 is 5.97 Å². The normalized spacial score (nSPS) is 10.1. The number of carbonyl (C=O) groups excluding carboxylic acids is 1. The molecule has 0 saturated carbocycles. The molecule has 0 atom stereocenters. The van der Waals surface area contributed by atoms with Gasteiger partial charge in [0.1, 0.15) is 12.4 Å². The van der Waals surface area contributed by atoms with Crippen LogP contribution in [0.4, 0.5) is 0 Å². The van der Waals surface area contributed by atoms with Crippen molar-refractivity contribution >= 4 is 17.6 Å². The Kier molecular flexibility index (Phi) is 5.02. The monoisotopic (exact) mass is 290 g/mol. The zero-order valence-electron chi connectivity index (χ0n) is 11.1. The molecule has 0 radical (unpaired) electrons. The molecular formula is C16H15ClO3. The Labute approximate surface area is 123 Å². The number of esters is 1. The molecule has 20 heavy (non-hydrogen) atoms. The summed E-state index contributed by atoms with van der Waals surface area (Å²) in [5.41, 5.74) is 1.40. The van der Waals surface area contributed by atoms with Gasteiger partial charge in [0, 0.05) is 5.02 Å². The number of hydrogen-bond donors (Lipinski definition) is 0. The molecule has 0 saturated heterocycles. The summed E-state index contributed by atoms with van der Waals surface area (Å²) in [5.74, 6) is 0.379. The first kappa shape index (κ1) is 14.4. The second kappa shape index (κ2) is 6.96. The minimum atomic E-state index is -0.358. The van der Waals surface area contributed by atoms with Crippen molar-refractivity contribution in [2.24, 2.45) is 0 Å². The van der Waals surface area contributed by atoms with E-state index in [9.17, 15) is 4.79 Å². The number of hydrogen-bond acceptors (Lipinski definition) is 3. The molecule has 0 aliphatic heterocycles. The van der Waals surface area contributed by atoms with Gasteiger partial charge in [-0.2, -0.15) is 0 Å². The molecule has 0 aromatic heterocycles. The van der Waals surface area contributed by atoms with E-state index in [1.807, 2.05) is 19.1 Å². The first-order valence-electron chi connectivity index (χ1n) is 6.33. The maximum absolute atomic E-state index is 11.9. The Hall–Kier alpha value is -2.00. The van der Waals surface area contributed by atoms with Gasteiger partial charge in [0.2, 0.25) is 0 Å². The van der Waals surface area contributed by atoms with Crippen LogP contribution in [0.15, 0.2) is 48.5 Å². The van der Waals surface area contributed by atoms with Crippen LogP contribution >= 0.6 is 11.6 Å². The highest BCUT2D eigenvalue weighted by molar-refractivity contribution is 6.30. The first-order valence-corrected chi connectivity index (χ1v) is 6.71. The van der Waals surface area contributed by atoms with Crippen LogP contribution in [-0.4, -0.2) is 12.6 Å². The average molecular weight is 291 g/mol. The summed E-state index contributed by atoms with van der Waals surface area (Å²) in [6.45, 7) is 2.73. The third-order valence-electron chi connectivity index (χ3n) is 2.68. The van der Waals surface area contributed by atoms with E-state index in [-0.39, 0.29) is 12.6 Å². The van der Waals surface area contributed by atoms with Crippen molar-refractivity contribution in [1.82, 2.24) is 0 Å². The van der Waals surface area contributed by atoms with E-state index in [2.05, 4.69) is 0 Å². The minimum absolute atomic E-state index is 0.225. The topological polar surface area (TPSA) is 35.5 Å². The van der Waals surface area contributed by atoms with Gasteiger partial charge in [0.15, 0.2) is 0 Å². The zero-order valence-corrected chi connectivity index (χ0v) is 11.9. The van der Waals surface area contributed by atoms with Crippen LogP contribution in [0.25, 0.3) is 0 Å². The van der Waals surface area contributed by atoms with E-state index in [0.717, 1.165) is 11.3 Å². The fraction of sp³-hybridized carbons (Fsp3) is 0.188. The summed E-state index contributed by atoms with van der Waals surface area (Å²) in [5, 5.41) is 0.659. The summed E-state index contributed by atoms with van der Waals surface area (Å²) in [7, 11) is 0. The number of rotatable bonds is 5. The lowest BCUT2D eigenvalue weighted by Crippen LogP contribution is -2.05. The Morgan fingerprint density at radius 2 is 1.70 bits per heavy atom. The van der Waals surface area contributed by atoms with Crippen LogP contribution in [-0.2, 0) is 11.3 Å². The van der Waals surface area contributed by atoms with Crippen molar-refractivity contribution in [2.45, 2.75) is 13.5 Å². The summed E-state index contributed by atoms with van der Waals surface area (Å²) in [4.78, 5) is 11.9. The molecule has 2 rings (SSSR count). The maximum Gasteiger partial charge on any atom is 0.338 e. The lowest BCUT2D eigenvalue weighted by Gasteiger charge is -2.06. The highest BCUT2D eigenvalue weighted by Crippen LogP contribution is 2.14. The van der Waals surface area contributed by atoms with Gasteiger partial charge < -0.3 is 9.47 Å². The molecule has 3 nitrogen and oxygen atoms in total. The Morgan fingerprint density at radius 1 is 1.05 bits per heavy atom. The molecule has 0 unspecified atom stereocenters. The summed E-state index contributed by atoms with van der Waals surface area (Å²) in [6, 6.07) is 14.1. The number of benzene rings is 2. The van der Waals surface area contributed by atoms with Gasteiger partial charge in [-0.05, 0) is 48.9 Å². The van der Waals surface area contributed by atoms with Crippen molar-refractivity contribution in [3.05, 3.63) is 64.7 Å². The fourth-order valence-electron chi connectivity index (χ4n) is 1.67. The Bertz CT molecular complexity index is 561. The molecule has 0 N–H and O–H groups in total. The van der Waals surface area contributed by atoms with E-state index in [4.69, 9.17) is 21.1 Å². The van der Waals surface area contributed by atoms with Crippen LogP contribution < -0.4 is 4.74 Å². The van der Waals surface area contributed by atoms with E-state index < -0.39 is 0 Å². The predicted octanol–water partition coefficient (Wildman–Crippen LogP) is 4.10. The van der Waals surface area contributed by atoms with Gasteiger partial charge in [-0.3, -0.25) is 0 Å². The molecule has 2 aromatic carbocycles. The molecule has 0 fully saturated rings. The standard InChI is InChI=1S/C16H15ClO3/c1-2-19-15-9-5-13(6-10-15)16(18)20-11-12-3-7-14(17)8-4-12/h3-10H,2,11H2,1H3. The van der Waals surface area contributed by atoms with Crippen LogP contribution in [0.5, 0.6) is 5.75 Å². The van der Waals surface area contributed by atoms with Crippen LogP contribution in [0.3, 0.4) is 0 Å². The largest absolute Gasteiger partial charge is 0.494 e. The quantitative estimate of drug-likeness (QED) is 0.778. The average Bonchev–Trinajstić information content (AvgIpc) is 2.47. The fourth-order valence-corrected chi connectivity index (χ4v) is 1.79. The van der Waals surface area contributed by atoms with Gasteiger partial charge in [0.25, 0.3) is 0 Å². The molecular weight excluding hydrogens is 276 g/mol. The van der Waals surface area contributed by atoms with Crippen LogP contribution in [0, 0.1) is 0 Å². The lowest BCUT2D eigenvalue weighted by atomic mass is 10.2. The van der Waals surface area contributed by atoms with Gasteiger partial charge in [-0.1, -0.05) is 23.7 Å². The summed E-state index contributed by atoms with van der Waals surface area (Å²) >= 11 is 5.79. The van der Waals surface area contributed by atoms with Gasteiger partial charge in [-0.15, -0.1) is 0 Å². The lowest BCUT2D eigenvalue weighted by molar-refractivity contribution is 0.0472. The second-order valence-corrected chi connectivity index (χ2v) is 4.60. The summed E-state index contributed by atoms with van der Waals surface area (Å²) < 4.78 is 10.5. The molecule has 2 aromatic rings. The highest BCUT2D eigenvalue weighted by Gasteiger charge is 2.07. The molecule has 0 aliphatic carbocycles. The van der Waals surface area contributed by atoms with Crippen LogP contribution in [0.2, 0.25) is 5.02 Å². The molecule has 0 amide bonds. The predicted molar refractivity (Wildman–Crippen MR) is 78.2 cm³/mol. The zero-order chi connectivity index (χ0) is 14.4. The molecule has 4 heteroatoms.